The first-order valence-electron chi connectivity index (χ1n) is 10.5. The van der Waals surface area contributed by atoms with Crippen molar-refractivity contribution in [2.45, 2.75) is 43.9 Å². The lowest BCUT2D eigenvalue weighted by atomic mass is 9.74. The first-order valence-corrected chi connectivity index (χ1v) is 10.5. The topological polar surface area (TPSA) is 74.4 Å². The minimum atomic E-state index is -4.98. The third-order valence-electron chi connectivity index (χ3n) is 6.13. The lowest BCUT2D eigenvalue weighted by Crippen LogP contribution is -2.53. The van der Waals surface area contributed by atoms with Crippen LogP contribution in [0.15, 0.2) is 47.4 Å². The van der Waals surface area contributed by atoms with Crippen molar-refractivity contribution >= 4 is 16.5 Å². The summed E-state index contributed by atoms with van der Waals surface area (Å²) in [4.78, 5) is 14.5. The smallest absolute Gasteiger partial charge is 0.418 e. The molecule has 0 fully saturated rings. The summed E-state index contributed by atoms with van der Waals surface area (Å²) in [5.41, 5.74) is -3.60. The number of halogens is 4. The van der Waals surface area contributed by atoms with Crippen molar-refractivity contribution in [3.63, 3.8) is 0 Å². The zero-order valence-electron chi connectivity index (χ0n) is 18.1. The number of pyridine rings is 1. The quantitative estimate of drug-likeness (QED) is 0.464. The highest BCUT2D eigenvalue weighted by Crippen LogP contribution is 2.46. The summed E-state index contributed by atoms with van der Waals surface area (Å²) in [7, 11) is 0. The first kappa shape index (κ1) is 23.1. The first-order chi connectivity index (χ1) is 15.4. The van der Waals surface area contributed by atoms with Crippen LogP contribution in [0.1, 0.15) is 31.4 Å². The summed E-state index contributed by atoms with van der Waals surface area (Å²) in [6.45, 7) is 2.52. The highest BCUT2D eigenvalue weighted by Gasteiger charge is 2.56. The summed E-state index contributed by atoms with van der Waals surface area (Å²) in [5, 5.41) is 14.3. The molecule has 1 atom stereocenters. The second kappa shape index (κ2) is 8.06. The standard InChI is InChI=1S/C24H24F4N2O3/c1-22(2,18-11-15(25)10-14-7-9-33-20(14)18)12-23(32,24(26,27)28)13-30-19-5-3-4-17-16(19)6-8-29-21(17)31/h3-6,8,10-11,30,32H,7,9,12-13H2,1-2H3,(H,29,31). The van der Waals surface area contributed by atoms with Crippen molar-refractivity contribution in [1.82, 2.24) is 4.98 Å². The number of fused-ring (bicyclic) bond motifs is 2. The normalized spacial score (nSPS) is 15.7. The number of aliphatic hydroxyl groups is 1. The summed E-state index contributed by atoms with van der Waals surface area (Å²) in [6.07, 6.45) is -3.83. The second-order valence-corrected chi connectivity index (χ2v) is 9.06. The number of hydrogen-bond donors (Lipinski definition) is 3. The van der Waals surface area contributed by atoms with E-state index >= 15 is 0 Å². The number of nitrogens with one attached hydrogen (secondary N) is 2. The molecule has 0 saturated heterocycles. The predicted molar refractivity (Wildman–Crippen MR) is 117 cm³/mol. The molecule has 9 heteroatoms. The van der Waals surface area contributed by atoms with Gasteiger partial charge in [-0.3, -0.25) is 4.79 Å². The van der Waals surface area contributed by atoms with Gasteiger partial charge in [0, 0.05) is 40.2 Å². The van der Waals surface area contributed by atoms with Crippen molar-refractivity contribution in [2.75, 3.05) is 18.5 Å². The number of alkyl halides is 3. The van der Waals surface area contributed by atoms with Crippen LogP contribution in [0.2, 0.25) is 0 Å². The molecular formula is C24H24F4N2O3. The van der Waals surface area contributed by atoms with Crippen molar-refractivity contribution < 1.29 is 27.4 Å². The number of H-pyrrole nitrogens is 1. The Bertz CT molecular complexity index is 1250. The fourth-order valence-electron chi connectivity index (χ4n) is 4.48. The van der Waals surface area contributed by atoms with E-state index in [9.17, 15) is 27.5 Å². The van der Waals surface area contributed by atoms with E-state index in [1.54, 1.807) is 18.2 Å². The van der Waals surface area contributed by atoms with E-state index in [-0.39, 0.29) is 16.8 Å². The molecule has 4 rings (SSSR count). The van der Waals surface area contributed by atoms with Crippen molar-refractivity contribution in [2.24, 2.45) is 0 Å². The molecule has 0 aliphatic carbocycles. The molecule has 176 valence electrons. The van der Waals surface area contributed by atoms with Gasteiger partial charge in [-0.25, -0.2) is 4.39 Å². The van der Waals surface area contributed by atoms with Crippen LogP contribution < -0.4 is 15.6 Å². The Hall–Kier alpha value is -3.07. The average Bonchev–Trinajstić information content (AvgIpc) is 3.19. The average molecular weight is 464 g/mol. The minimum absolute atomic E-state index is 0.286. The number of ether oxygens (including phenoxy) is 1. The largest absolute Gasteiger partial charge is 0.493 e. The van der Waals surface area contributed by atoms with Crippen molar-refractivity contribution in [3.05, 3.63) is 69.9 Å². The summed E-state index contributed by atoms with van der Waals surface area (Å²) < 4.78 is 62.2. The number of hydrogen-bond acceptors (Lipinski definition) is 4. The highest BCUT2D eigenvalue weighted by molar-refractivity contribution is 5.93. The molecular weight excluding hydrogens is 440 g/mol. The summed E-state index contributed by atoms with van der Waals surface area (Å²) >= 11 is 0. The monoisotopic (exact) mass is 464 g/mol. The van der Waals surface area contributed by atoms with Crippen LogP contribution in [0.5, 0.6) is 5.75 Å². The molecule has 0 saturated carbocycles. The lowest BCUT2D eigenvalue weighted by molar-refractivity contribution is -0.260. The van der Waals surface area contributed by atoms with Gasteiger partial charge in [-0.05, 0) is 42.2 Å². The zero-order chi connectivity index (χ0) is 24.0. The number of rotatable bonds is 6. The molecule has 1 aliphatic rings. The molecule has 0 spiro atoms. The molecule has 5 nitrogen and oxygen atoms in total. The van der Waals surface area contributed by atoms with E-state index in [2.05, 4.69) is 10.3 Å². The number of aromatic nitrogens is 1. The Balaban J connectivity index is 1.67. The second-order valence-electron chi connectivity index (χ2n) is 9.06. The highest BCUT2D eigenvalue weighted by atomic mass is 19.4. The van der Waals surface area contributed by atoms with Crippen LogP contribution in [0.25, 0.3) is 10.8 Å². The Kier molecular flexibility index (Phi) is 5.64. The van der Waals surface area contributed by atoms with E-state index in [4.69, 9.17) is 4.74 Å². The zero-order valence-corrected chi connectivity index (χ0v) is 18.1. The van der Waals surface area contributed by atoms with Crippen molar-refractivity contribution in [1.29, 1.82) is 0 Å². The number of anilines is 1. The third kappa shape index (κ3) is 4.29. The Labute approximate surface area is 187 Å². The van der Waals surface area contributed by atoms with Crippen LogP contribution in [0.4, 0.5) is 23.2 Å². The summed E-state index contributed by atoms with van der Waals surface area (Å²) in [6, 6.07) is 8.71. The van der Waals surface area contributed by atoms with Gasteiger partial charge in [0.2, 0.25) is 0 Å². The number of benzene rings is 2. The van der Waals surface area contributed by atoms with Gasteiger partial charge in [0.05, 0.1) is 13.2 Å². The fourth-order valence-corrected chi connectivity index (χ4v) is 4.48. The molecule has 3 N–H and O–H groups in total. The van der Waals surface area contributed by atoms with Gasteiger partial charge >= 0.3 is 6.18 Å². The van der Waals surface area contributed by atoms with Crippen LogP contribution in [0.3, 0.4) is 0 Å². The molecule has 2 heterocycles. The van der Waals surface area contributed by atoms with E-state index in [1.165, 1.54) is 38.2 Å². The summed E-state index contributed by atoms with van der Waals surface area (Å²) in [5.74, 6) is -0.177. The Morgan fingerprint density at radius 1 is 1.15 bits per heavy atom. The van der Waals surface area contributed by atoms with Crippen LogP contribution in [0, 0.1) is 5.82 Å². The molecule has 1 aliphatic heterocycles. The maximum Gasteiger partial charge on any atom is 0.418 e. The third-order valence-corrected chi connectivity index (χ3v) is 6.13. The molecule has 0 radical (unpaired) electrons. The van der Waals surface area contributed by atoms with Gasteiger partial charge in [0.25, 0.3) is 5.56 Å². The molecule has 1 unspecified atom stereocenters. The van der Waals surface area contributed by atoms with Gasteiger partial charge in [-0.1, -0.05) is 19.9 Å². The Morgan fingerprint density at radius 2 is 1.91 bits per heavy atom. The minimum Gasteiger partial charge on any atom is -0.493 e. The molecule has 33 heavy (non-hydrogen) atoms. The van der Waals surface area contributed by atoms with E-state index in [1.807, 2.05) is 0 Å². The maximum atomic E-state index is 14.2. The lowest BCUT2D eigenvalue weighted by Gasteiger charge is -2.38. The molecule has 1 aromatic heterocycles. The van der Waals surface area contributed by atoms with Gasteiger partial charge in [0.1, 0.15) is 11.6 Å². The number of aromatic amines is 1. The molecule has 3 aromatic rings. The van der Waals surface area contributed by atoms with Crippen LogP contribution >= 0.6 is 0 Å². The van der Waals surface area contributed by atoms with E-state index < -0.39 is 36.0 Å². The predicted octanol–water partition coefficient (Wildman–Crippen LogP) is 4.68. The molecule has 0 amide bonds. The maximum absolute atomic E-state index is 14.2. The fraction of sp³-hybridized carbons (Fsp3) is 0.375. The van der Waals surface area contributed by atoms with Gasteiger partial charge in [-0.15, -0.1) is 0 Å². The van der Waals surface area contributed by atoms with Crippen molar-refractivity contribution in [3.8, 4) is 5.75 Å². The van der Waals surface area contributed by atoms with Gasteiger partial charge in [0.15, 0.2) is 5.60 Å². The Morgan fingerprint density at radius 3 is 2.64 bits per heavy atom. The van der Waals surface area contributed by atoms with Crippen LogP contribution in [-0.2, 0) is 11.8 Å². The SMILES string of the molecule is CC(C)(CC(O)(CNc1cccc2c(=O)[nH]ccc12)C(F)(F)F)c1cc(F)cc2c1OCC2. The van der Waals surface area contributed by atoms with Crippen LogP contribution in [-0.4, -0.2) is 35.0 Å². The van der Waals surface area contributed by atoms with Gasteiger partial charge in [-0.2, -0.15) is 13.2 Å². The van der Waals surface area contributed by atoms with Gasteiger partial charge < -0.3 is 20.1 Å². The van der Waals surface area contributed by atoms with E-state index in [0.29, 0.717) is 35.1 Å². The molecule has 2 aromatic carbocycles. The van der Waals surface area contributed by atoms with E-state index in [0.717, 1.165) is 0 Å². The molecule has 0 bridgehead atoms.